The second-order valence-electron chi connectivity index (χ2n) is 5.39. The predicted molar refractivity (Wildman–Crippen MR) is 97.7 cm³/mol. The van der Waals surface area contributed by atoms with Crippen LogP contribution in [0.4, 0.5) is 5.69 Å². The van der Waals surface area contributed by atoms with Crippen LogP contribution in [-0.4, -0.2) is 27.3 Å². The molecular formula is C17H20N4O4S. The lowest BCUT2D eigenvalue weighted by molar-refractivity contribution is -0.119. The summed E-state index contributed by atoms with van der Waals surface area (Å²) in [5, 5.41) is 3.11. The van der Waals surface area contributed by atoms with Crippen LogP contribution in [0.1, 0.15) is 22.8 Å². The number of hydrogen-bond acceptors (Lipinski definition) is 5. The minimum Gasteiger partial charge on any atom is -0.380 e. The van der Waals surface area contributed by atoms with Crippen molar-refractivity contribution in [1.29, 1.82) is 0 Å². The third-order valence-corrected chi connectivity index (χ3v) is 4.90. The number of sulfonamides is 1. The summed E-state index contributed by atoms with van der Waals surface area (Å²) in [5.74, 6) is -1.08. The SMILES string of the molecule is CNS(=O)(=O)c1ccc(NCc2ccccc2)c(C(=O)NNC(C)=O)c1. The minimum absolute atomic E-state index is 0.0572. The molecule has 0 aliphatic carbocycles. The molecule has 8 nitrogen and oxygen atoms in total. The fraction of sp³-hybridized carbons (Fsp3) is 0.176. The van der Waals surface area contributed by atoms with Gasteiger partial charge in [-0.1, -0.05) is 30.3 Å². The summed E-state index contributed by atoms with van der Waals surface area (Å²) in [5.41, 5.74) is 5.94. The first-order valence-corrected chi connectivity index (χ1v) is 9.24. The van der Waals surface area contributed by atoms with E-state index in [1.807, 2.05) is 30.3 Å². The Kier molecular flexibility index (Phi) is 6.31. The molecule has 0 unspecified atom stereocenters. The van der Waals surface area contributed by atoms with E-state index in [-0.39, 0.29) is 10.5 Å². The summed E-state index contributed by atoms with van der Waals surface area (Å²) in [6, 6.07) is 13.7. The van der Waals surface area contributed by atoms with Gasteiger partial charge in [0.2, 0.25) is 15.9 Å². The zero-order valence-electron chi connectivity index (χ0n) is 14.4. The molecule has 2 amide bonds. The molecule has 0 saturated carbocycles. The average Bonchev–Trinajstić information content (AvgIpc) is 2.65. The Morgan fingerprint density at radius 2 is 1.69 bits per heavy atom. The summed E-state index contributed by atoms with van der Waals surface area (Å²) in [7, 11) is -2.43. The van der Waals surface area contributed by atoms with Crippen molar-refractivity contribution < 1.29 is 18.0 Å². The number of amides is 2. The minimum atomic E-state index is -3.71. The molecule has 0 radical (unpaired) electrons. The number of rotatable bonds is 6. The number of benzene rings is 2. The molecule has 2 aromatic carbocycles. The molecule has 2 aromatic rings. The van der Waals surface area contributed by atoms with Crippen LogP contribution in [0.15, 0.2) is 53.4 Å². The molecule has 0 aliphatic heterocycles. The number of carbonyl (C=O) groups is 2. The summed E-state index contributed by atoms with van der Waals surface area (Å²) in [4.78, 5) is 23.3. The third kappa shape index (κ3) is 5.04. The van der Waals surface area contributed by atoms with Crippen molar-refractivity contribution >= 4 is 27.5 Å². The van der Waals surface area contributed by atoms with E-state index in [1.54, 1.807) is 0 Å². The lowest BCUT2D eigenvalue weighted by Crippen LogP contribution is -2.40. The van der Waals surface area contributed by atoms with E-state index in [2.05, 4.69) is 20.9 Å². The second kappa shape index (κ2) is 8.45. The summed E-state index contributed by atoms with van der Waals surface area (Å²) in [6.07, 6.45) is 0. The molecule has 2 rings (SSSR count). The third-order valence-electron chi connectivity index (χ3n) is 3.49. The Balaban J connectivity index is 2.32. The van der Waals surface area contributed by atoms with Gasteiger partial charge in [0, 0.05) is 19.2 Å². The molecule has 0 bridgehead atoms. The van der Waals surface area contributed by atoms with E-state index in [1.165, 1.54) is 32.2 Å². The fourth-order valence-corrected chi connectivity index (χ4v) is 2.91. The molecule has 138 valence electrons. The van der Waals surface area contributed by atoms with Crippen molar-refractivity contribution in [3.8, 4) is 0 Å². The average molecular weight is 376 g/mol. The standard InChI is InChI=1S/C17H20N4O4S/c1-12(22)20-21-17(23)15-10-14(26(24,25)18-2)8-9-16(15)19-11-13-6-4-3-5-7-13/h3-10,18-19H,11H2,1-2H3,(H,20,22)(H,21,23). The van der Waals surface area contributed by atoms with Crippen molar-refractivity contribution in [2.45, 2.75) is 18.4 Å². The Morgan fingerprint density at radius 1 is 1.00 bits per heavy atom. The lowest BCUT2D eigenvalue weighted by Gasteiger charge is -2.14. The van der Waals surface area contributed by atoms with E-state index >= 15 is 0 Å². The first kappa shape index (κ1) is 19.4. The van der Waals surface area contributed by atoms with Gasteiger partial charge in [0.15, 0.2) is 0 Å². The van der Waals surface area contributed by atoms with E-state index in [9.17, 15) is 18.0 Å². The van der Waals surface area contributed by atoms with Crippen LogP contribution in [0.3, 0.4) is 0 Å². The van der Waals surface area contributed by atoms with Crippen molar-refractivity contribution in [2.24, 2.45) is 0 Å². The van der Waals surface area contributed by atoms with Gasteiger partial charge in [-0.25, -0.2) is 13.1 Å². The Labute approximate surface area is 152 Å². The topological polar surface area (TPSA) is 116 Å². The number of hydrazine groups is 1. The summed E-state index contributed by atoms with van der Waals surface area (Å²) >= 11 is 0. The number of carbonyl (C=O) groups excluding carboxylic acids is 2. The van der Waals surface area contributed by atoms with Crippen LogP contribution >= 0.6 is 0 Å². The predicted octanol–water partition coefficient (Wildman–Crippen LogP) is 0.988. The molecule has 0 fully saturated rings. The quantitative estimate of drug-likeness (QED) is 0.561. The first-order chi connectivity index (χ1) is 12.3. The van der Waals surface area contributed by atoms with Crippen LogP contribution in [0, 0.1) is 0 Å². The van der Waals surface area contributed by atoms with Gasteiger partial charge in [-0.2, -0.15) is 0 Å². The molecular weight excluding hydrogens is 356 g/mol. The van der Waals surface area contributed by atoms with Gasteiger partial charge >= 0.3 is 0 Å². The largest absolute Gasteiger partial charge is 0.380 e. The van der Waals surface area contributed by atoms with Crippen molar-refractivity contribution in [3.05, 3.63) is 59.7 Å². The smallest absolute Gasteiger partial charge is 0.271 e. The first-order valence-electron chi connectivity index (χ1n) is 7.76. The van der Waals surface area contributed by atoms with Gasteiger partial charge in [0.25, 0.3) is 5.91 Å². The van der Waals surface area contributed by atoms with E-state index in [0.717, 1.165) is 5.56 Å². The van der Waals surface area contributed by atoms with Crippen LogP contribution in [0.25, 0.3) is 0 Å². The highest BCUT2D eigenvalue weighted by atomic mass is 32.2. The maximum absolute atomic E-state index is 12.4. The monoisotopic (exact) mass is 376 g/mol. The van der Waals surface area contributed by atoms with Crippen LogP contribution in [0.5, 0.6) is 0 Å². The Bertz CT molecular complexity index is 898. The highest BCUT2D eigenvalue weighted by molar-refractivity contribution is 7.89. The van der Waals surface area contributed by atoms with Gasteiger partial charge < -0.3 is 5.32 Å². The van der Waals surface area contributed by atoms with Crippen LogP contribution < -0.4 is 20.9 Å². The van der Waals surface area contributed by atoms with Crippen molar-refractivity contribution in [3.63, 3.8) is 0 Å². The molecule has 9 heteroatoms. The second-order valence-corrected chi connectivity index (χ2v) is 7.28. The van der Waals surface area contributed by atoms with Gasteiger partial charge in [0.1, 0.15) is 0 Å². The highest BCUT2D eigenvalue weighted by Gasteiger charge is 2.18. The van der Waals surface area contributed by atoms with Crippen molar-refractivity contribution in [2.75, 3.05) is 12.4 Å². The van der Waals surface area contributed by atoms with Crippen molar-refractivity contribution in [1.82, 2.24) is 15.6 Å². The van der Waals surface area contributed by atoms with Gasteiger partial charge in [-0.05, 0) is 30.8 Å². The molecule has 0 heterocycles. The molecule has 0 saturated heterocycles. The number of hydrogen-bond donors (Lipinski definition) is 4. The normalized spacial score (nSPS) is 10.8. The van der Waals surface area contributed by atoms with Crippen LogP contribution in [-0.2, 0) is 21.4 Å². The fourth-order valence-electron chi connectivity index (χ4n) is 2.16. The van der Waals surface area contributed by atoms with Gasteiger partial charge in [0.05, 0.1) is 10.5 Å². The maximum atomic E-state index is 12.4. The van der Waals surface area contributed by atoms with E-state index in [0.29, 0.717) is 12.2 Å². The van der Waals surface area contributed by atoms with Crippen LogP contribution in [0.2, 0.25) is 0 Å². The highest BCUT2D eigenvalue weighted by Crippen LogP contribution is 2.21. The molecule has 0 aromatic heterocycles. The number of anilines is 1. The molecule has 0 aliphatic rings. The van der Waals surface area contributed by atoms with E-state index < -0.39 is 21.8 Å². The molecule has 0 atom stereocenters. The van der Waals surface area contributed by atoms with E-state index in [4.69, 9.17) is 0 Å². The zero-order chi connectivity index (χ0) is 19.2. The lowest BCUT2D eigenvalue weighted by atomic mass is 10.1. The summed E-state index contributed by atoms with van der Waals surface area (Å²) < 4.78 is 26.2. The van der Waals surface area contributed by atoms with Gasteiger partial charge in [-0.3, -0.25) is 20.4 Å². The zero-order valence-corrected chi connectivity index (χ0v) is 15.2. The molecule has 4 N–H and O–H groups in total. The number of nitrogens with one attached hydrogen (secondary N) is 4. The molecule has 26 heavy (non-hydrogen) atoms. The summed E-state index contributed by atoms with van der Waals surface area (Å²) in [6.45, 7) is 1.69. The Morgan fingerprint density at radius 3 is 2.31 bits per heavy atom. The Hall–Kier alpha value is -2.91. The maximum Gasteiger partial charge on any atom is 0.271 e. The van der Waals surface area contributed by atoms with Gasteiger partial charge in [-0.15, -0.1) is 0 Å². The molecule has 0 spiro atoms.